The summed E-state index contributed by atoms with van der Waals surface area (Å²) >= 11 is 1.80. The molecule has 1 aromatic rings. The Morgan fingerprint density at radius 3 is 3.07 bits per heavy atom. The second kappa shape index (κ2) is 5.10. The molecule has 3 heteroatoms. The van der Waals surface area contributed by atoms with Crippen LogP contribution in [0.1, 0.15) is 37.1 Å². The highest BCUT2D eigenvalue weighted by molar-refractivity contribution is 7.10. The van der Waals surface area contributed by atoms with Gasteiger partial charge in [-0.15, -0.1) is 11.3 Å². The standard InChI is InChI=1S/C12H19NOS/c1-9(12-3-2-6-15-12)13-8-10-4-5-11(14)7-10/h2-3,6,9-11,13-14H,4-5,7-8H2,1H3. The van der Waals surface area contributed by atoms with E-state index in [1.54, 1.807) is 11.3 Å². The van der Waals surface area contributed by atoms with Crippen LogP contribution in [0.25, 0.3) is 0 Å². The minimum absolute atomic E-state index is 0.0474. The normalized spacial score (nSPS) is 28.1. The lowest BCUT2D eigenvalue weighted by Crippen LogP contribution is -2.24. The summed E-state index contributed by atoms with van der Waals surface area (Å²) in [6.07, 6.45) is 3.09. The molecule has 1 aliphatic rings. The highest BCUT2D eigenvalue weighted by Gasteiger charge is 2.22. The number of nitrogens with one attached hydrogen (secondary N) is 1. The largest absolute Gasteiger partial charge is 0.393 e. The fraction of sp³-hybridized carbons (Fsp3) is 0.667. The van der Waals surface area contributed by atoms with Crippen LogP contribution >= 0.6 is 11.3 Å². The third-order valence-corrected chi connectivity index (χ3v) is 4.25. The van der Waals surface area contributed by atoms with Crippen LogP contribution in [0.5, 0.6) is 0 Å². The quantitative estimate of drug-likeness (QED) is 0.825. The van der Waals surface area contributed by atoms with E-state index >= 15 is 0 Å². The summed E-state index contributed by atoms with van der Waals surface area (Å²) in [5, 5.41) is 15.1. The van der Waals surface area contributed by atoms with Crippen molar-refractivity contribution in [2.75, 3.05) is 6.54 Å². The van der Waals surface area contributed by atoms with E-state index in [4.69, 9.17) is 0 Å². The van der Waals surface area contributed by atoms with Gasteiger partial charge in [-0.25, -0.2) is 0 Å². The first-order valence-electron chi connectivity index (χ1n) is 5.70. The Labute approximate surface area is 95.3 Å². The van der Waals surface area contributed by atoms with E-state index in [0.717, 1.165) is 19.4 Å². The van der Waals surface area contributed by atoms with Crippen LogP contribution in [0.3, 0.4) is 0 Å². The van der Waals surface area contributed by atoms with Crippen molar-refractivity contribution in [3.8, 4) is 0 Å². The van der Waals surface area contributed by atoms with Gasteiger partial charge in [-0.2, -0.15) is 0 Å². The molecule has 0 aromatic carbocycles. The zero-order valence-electron chi connectivity index (χ0n) is 9.15. The Kier molecular flexibility index (Phi) is 3.78. The Hall–Kier alpha value is -0.380. The van der Waals surface area contributed by atoms with Gasteiger partial charge in [0, 0.05) is 10.9 Å². The molecule has 0 bridgehead atoms. The number of hydrogen-bond acceptors (Lipinski definition) is 3. The van der Waals surface area contributed by atoms with Crippen molar-refractivity contribution in [3.63, 3.8) is 0 Å². The highest BCUT2D eigenvalue weighted by Crippen LogP contribution is 2.26. The molecule has 2 N–H and O–H groups in total. The van der Waals surface area contributed by atoms with Crippen molar-refractivity contribution in [3.05, 3.63) is 22.4 Å². The lowest BCUT2D eigenvalue weighted by molar-refractivity contribution is 0.177. The first-order valence-corrected chi connectivity index (χ1v) is 6.58. The summed E-state index contributed by atoms with van der Waals surface area (Å²) in [4.78, 5) is 1.40. The topological polar surface area (TPSA) is 32.3 Å². The number of rotatable bonds is 4. The maximum Gasteiger partial charge on any atom is 0.0543 e. The van der Waals surface area contributed by atoms with E-state index in [-0.39, 0.29) is 6.10 Å². The molecule has 3 unspecified atom stereocenters. The molecule has 0 radical (unpaired) electrons. The number of aliphatic hydroxyl groups excluding tert-OH is 1. The minimum atomic E-state index is -0.0474. The van der Waals surface area contributed by atoms with Gasteiger partial charge >= 0.3 is 0 Å². The molecule has 1 fully saturated rings. The van der Waals surface area contributed by atoms with Crippen molar-refractivity contribution in [1.29, 1.82) is 0 Å². The van der Waals surface area contributed by atoms with Gasteiger partial charge in [0.1, 0.15) is 0 Å². The van der Waals surface area contributed by atoms with Crippen LogP contribution in [0.15, 0.2) is 17.5 Å². The van der Waals surface area contributed by atoms with Gasteiger partial charge in [0.2, 0.25) is 0 Å². The van der Waals surface area contributed by atoms with E-state index in [0.29, 0.717) is 12.0 Å². The Morgan fingerprint density at radius 2 is 2.47 bits per heavy atom. The summed E-state index contributed by atoms with van der Waals surface area (Å²) in [5.41, 5.74) is 0. The lowest BCUT2D eigenvalue weighted by atomic mass is 10.1. The molecule has 1 saturated carbocycles. The first kappa shape index (κ1) is 11.1. The molecular formula is C12H19NOS. The average molecular weight is 225 g/mol. The van der Waals surface area contributed by atoms with Crippen LogP contribution in [0, 0.1) is 5.92 Å². The third-order valence-electron chi connectivity index (χ3n) is 3.20. The summed E-state index contributed by atoms with van der Waals surface area (Å²) in [6.45, 7) is 3.24. The molecule has 3 atom stereocenters. The van der Waals surface area contributed by atoms with E-state index in [1.165, 1.54) is 11.3 Å². The monoisotopic (exact) mass is 225 g/mol. The molecule has 0 spiro atoms. The second-order valence-corrected chi connectivity index (χ2v) is 5.46. The molecule has 2 nitrogen and oxygen atoms in total. The van der Waals surface area contributed by atoms with Crippen molar-refractivity contribution in [2.24, 2.45) is 5.92 Å². The van der Waals surface area contributed by atoms with Crippen LogP contribution in [0.2, 0.25) is 0 Å². The summed E-state index contributed by atoms with van der Waals surface area (Å²) in [7, 11) is 0. The van der Waals surface area contributed by atoms with Gasteiger partial charge in [-0.05, 0) is 50.1 Å². The average Bonchev–Trinajstić information content (AvgIpc) is 2.84. The minimum Gasteiger partial charge on any atom is -0.393 e. The fourth-order valence-electron chi connectivity index (χ4n) is 2.22. The van der Waals surface area contributed by atoms with Crippen molar-refractivity contribution < 1.29 is 5.11 Å². The molecule has 84 valence electrons. The van der Waals surface area contributed by atoms with Crippen molar-refractivity contribution >= 4 is 11.3 Å². The predicted octanol–water partition coefficient (Wildman–Crippen LogP) is 2.56. The highest BCUT2D eigenvalue weighted by atomic mass is 32.1. The van der Waals surface area contributed by atoms with E-state index in [2.05, 4.69) is 29.8 Å². The molecular weight excluding hydrogens is 206 g/mol. The summed E-state index contributed by atoms with van der Waals surface area (Å²) in [6, 6.07) is 4.71. The molecule has 2 rings (SSSR count). The zero-order valence-corrected chi connectivity index (χ0v) is 9.96. The van der Waals surface area contributed by atoms with Crippen LogP contribution in [-0.4, -0.2) is 17.8 Å². The maximum absolute atomic E-state index is 9.42. The SMILES string of the molecule is CC(NCC1CCC(O)C1)c1cccs1. The number of aliphatic hydroxyl groups is 1. The van der Waals surface area contributed by atoms with Gasteiger partial charge < -0.3 is 10.4 Å². The molecule has 0 amide bonds. The van der Waals surface area contributed by atoms with Crippen LogP contribution in [-0.2, 0) is 0 Å². The molecule has 1 aromatic heterocycles. The third kappa shape index (κ3) is 3.03. The summed E-state index contributed by atoms with van der Waals surface area (Å²) < 4.78 is 0. The molecule has 0 aliphatic heterocycles. The van der Waals surface area contributed by atoms with Crippen molar-refractivity contribution in [2.45, 2.75) is 38.3 Å². The predicted molar refractivity (Wildman–Crippen MR) is 64.1 cm³/mol. The summed E-state index contributed by atoms with van der Waals surface area (Å²) in [5.74, 6) is 0.669. The number of thiophene rings is 1. The van der Waals surface area contributed by atoms with E-state index < -0.39 is 0 Å². The van der Waals surface area contributed by atoms with Gasteiger partial charge in [0.25, 0.3) is 0 Å². The van der Waals surface area contributed by atoms with Gasteiger partial charge in [-0.1, -0.05) is 6.07 Å². The Bertz CT molecular complexity index is 286. The van der Waals surface area contributed by atoms with Gasteiger partial charge in [-0.3, -0.25) is 0 Å². The molecule has 15 heavy (non-hydrogen) atoms. The van der Waals surface area contributed by atoms with Crippen molar-refractivity contribution in [1.82, 2.24) is 5.32 Å². The Morgan fingerprint density at radius 1 is 1.60 bits per heavy atom. The van der Waals surface area contributed by atoms with Gasteiger partial charge in [0.05, 0.1) is 6.10 Å². The number of hydrogen-bond donors (Lipinski definition) is 2. The van der Waals surface area contributed by atoms with E-state index in [9.17, 15) is 5.11 Å². The maximum atomic E-state index is 9.42. The molecule has 1 heterocycles. The van der Waals surface area contributed by atoms with Gasteiger partial charge in [0.15, 0.2) is 0 Å². The fourth-order valence-corrected chi connectivity index (χ4v) is 2.97. The van der Waals surface area contributed by atoms with Crippen LogP contribution in [0.4, 0.5) is 0 Å². The van der Waals surface area contributed by atoms with E-state index in [1.807, 2.05) is 0 Å². The smallest absolute Gasteiger partial charge is 0.0543 e. The lowest BCUT2D eigenvalue weighted by Gasteiger charge is -2.15. The first-order chi connectivity index (χ1) is 7.25. The Balaban J connectivity index is 1.74. The molecule has 1 aliphatic carbocycles. The molecule has 0 saturated heterocycles. The second-order valence-electron chi connectivity index (χ2n) is 4.48. The van der Waals surface area contributed by atoms with Crippen LogP contribution < -0.4 is 5.32 Å². The zero-order chi connectivity index (χ0) is 10.7.